The Labute approximate surface area is 118 Å². The summed E-state index contributed by atoms with van der Waals surface area (Å²) in [6, 6.07) is 5.64. The Morgan fingerprint density at radius 1 is 1.45 bits per heavy atom. The summed E-state index contributed by atoms with van der Waals surface area (Å²) in [5, 5.41) is 2.86. The van der Waals surface area contributed by atoms with Crippen molar-refractivity contribution in [2.45, 2.75) is 25.9 Å². The van der Waals surface area contributed by atoms with Gasteiger partial charge in [0, 0.05) is 13.1 Å². The van der Waals surface area contributed by atoms with Crippen LogP contribution in [0.3, 0.4) is 0 Å². The number of methoxy groups -OCH3 is 1. The molecule has 0 spiro atoms. The topological polar surface area (TPSA) is 41.6 Å². The molecule has 20 heavy (non-hydrogen) atoms. The fourth-order valence-corrected chi connectivity index (χ4v) is 2.37. The maximum absolute atomic E-state index is 13.0. The summed E-state index contributed by atoms with van der Waals surface area (Å²) >= 11 is 0. The zero-order valence-corrected chi connectivity index (χ0v) is 12.0. The van der Waals surface area contributed by atoms with Crippen molar-refractivity contribution in [1.29, 1.82) is 0 Å². The van der Waals surface area contributed by atoms with Crippen molar-refractivity contribution < 1.29 is 13.9 Å². The SMILES string of the molecule is COc1ccc(C)cc1NC(=O)CN1CCC(F)CC1. The summed E-state index contributed by atoms with van der Waals surface area (Å²) in [5.74, 6) is 0.553. The number of aryl methyl sites for hydroxylation is 1. The Balaban J connectivity index is 1.92. The molecule has 0 saturated carbocycles. The summed E-state index contributed by atoms with van der Waals surface area (Å²) < 4.78 is 18.3. The predicted molar refractivity (Wildman–Crippen MR) is 76.9 cm³/mol. The lowest BCUT2D eigenvalue weighted by atomic mass is 10.1. The molecule has 1 N–H and O–H groups in total. The number of ether oxygens (including phenoxy) is 1. The summed E-state index contributed by atoms with van der Waals surface area (Å²) in [4.78, 5) is 14.0. The number of nitrogens with zero attached hydrogens (tertiary/aromatic N) is 1. The molecule has 1 amide bonds. The van der Waals surface area contributed by atoms with Crippen LogP contribution in [0.5, 0.6) is 5.75 Å². The average molecular weight is 280 g/mol. The molecule has 1 aliphatic rings. The van der Waals surface area contributed by atoms with E-state index in [9.17, 15) is 9.18 Å². The Morgan fingerprint density at radius 3 is 2.80 bits per heavy atom. The fraction of sp³-hybridized carbons (Fsp3) is 0.533. The smallest absolute Gasteiger partial charge is 0.238 e. The summed E-state index contributed by atoms with van der Waals surface area (Å²) in [6.45, 7) is 3.53. The van der Waals surface area contributed by atoms with Gasteiger partial charge in [-0.25, -0.2) is 4.39 Å². The molecule has 1 fully saturated rings. The zero-order chi connectivity index (χ0) is 14.5. The van der Waals surface area contributed by atoms with Gasteiger partial charge in [0.15, 0.2) is 0 Å². The van der Waals surface area contributed by atoms with Gasteiger partial charge in [0.25, 0.3) is 0 Å². The van der Waals surface area contributed by atoms with Gasteiger partial charge in [0.05, 0.1) is 19.3 Å². The van der Waals surface area contributed by atoms with Crippen LogP contribution in [0.1, 0.15) is 18.4 Å². The first-order valence-electron chi connectivity index (χ1n) is 6.89. The van der Waals surface area contributed by atoms with Crippen LogP contribution >= 0.6 is 0 Å². The standard InChI is InChI=1S/C15H21FN2O2/c1-11-3-4-14(20-2)13(9-11)17-15(19)10-18-7-5-12(16)6-8-18/h3-4,9,12H,5-8,10H2,1-2H3,(H,17,19). The van der Waals surface area contributed by atoms with Gasteiger partial charge in [0.2, 0.25) is 5.91 Å². The second-order valence-corrected chi connectivity index (χ2v) is 5.20. The lowest BCUT2D eigenvalue weighted by molar-refractivity contribution is -0.117. The third-order valence-corrected chi connectivity index (χ3v) is 3.51. The van der Waals surface area contributed by atoms with E-state index in [-0.39, 0.29) is 5.91 Å². The Bertz CT molecular complexity index is 471. The minimum atomic E-state index is -0.717. The number of benzene rings is 1. The largest absolute Gasteiger partial charge is 0.495 e. The molecule has 1 aliphatic heterocycles. The molecule has 5 heteroatoms. The second kappa shape index (κ2) is 6.70. The van der Waals surface area contributed by atoms with E-state index < -0.39 is 6.17 Å². The first-order chi connectivity index (χ1) is 9.58. The third-order valence-electron chi connectivity index (χ3n) is 3.51. The number of halogens is 1. The molecule has 110 valence electrons. The Morgan fingerprint density at radius 2 is 2.15 bits per heavy atom. The van der Waals surface area contributed by atoms with E-state index in [1.54, 1.807) is 7.11 Å². The van der Waals surface area contributed by atoms with Crippen molar-refractivity contribution in [1.82, 2.24) is 4.90 Å². The molecule has 0 atom stereocenters. The number of anilines is 1. The molecule has 0 aromatic heterocycles. The Hall–Kier alpha value is -1.62. The number of carbonyl (C=O) groups is 1. The summed E-state index contributed by atoms with van der Waals surface area (Å²) in [6.07, 6.45) is 0.313. The van der Waals surface area contributed by atoms with Crippen molar-refractivity contribution in [2.24, 2.45) is 0 Å². The summed E-state index contributed by atoms with van der Waals surface area (Å²) in [5.41, 5.74) is 1.73. The minimum Gasteiger partial charge on any atom is -0.495 e. The van der Waals surface area contributed by atoms with Crippen molar-refractivity contribution in [3.8, 4) is 5.75 Å². The fourth-order valence-electron chi connectivity index (χ4n) is 2.37. The van der Waals surface area contributed by atoms with Crippen LogP contribution in [-0.4, -0.2) is 43.7 Å². The van der Waals surface area contributed by atoms with Gasteiger partial charge in [-0.3, -0.25) is 9.69 Å². The van der Waals surface area contributed by atoms with Gasteiger partial charge < -0.3 is 10.1 Å². The third kappa shape index (κ3) is 3.93. The van der Waals surface area contributed by atoms with Crippen LogP contribution in [0.4, 0.5) is 10.1 Å². The number of amides is 1. The maximum Gasteiger partial charge on any atom is 0.238 e. The number of alkyl halides is 1. The van der Waals surface area contributed by atoms with Crippen molar-refractivity contribution in [3.05, 3.63) is 23.8 Å². The average Bonchev–Trinajstić information content (AvgIpc) is 2.41. The van der Waals surface area contributed by atoms with E-state index in [2.05, 4.69) is 5.32 Å². The summed E-state index contributed by atoms with van der Waals surface area (Å²) in [7, 11) is 1.58. The van der Waals surface area contributed by atoms with E-state index in [0.717, 1.165) is 5.56 Å². The van der Waals surface area contributed by atoms with Crippen molar-refractivity contribution in [3.63, 3.8) is 0 Å². The number of likely N-dealkylation sites (tertiary alicyclic amines) is 1. The molecule has 1 heterocycles. The van der Waals surface area contributed by atoms with Gasteiger partial charge in [-0.1, -0.05) is 6.07 Å². The highest BCUT2D eigenvalue weighted by molar-refractivity contribution is 5.93. The number of hydrogen-bond donors (Lipinski definition) is 1. The van der Waals surface area contributed by atoms with Crippen LogP contribution in [0.15, 0.2) is 18.2 Å². The van der Waals surface area contributed by atoms with Gasteiger partial charge in [-0.05, 0) is 37.5 Å². The van der Waals surface area contributed by atoms with Gasteiger partial charge >= 0.3 is 0 Å². The second-order valence-electron chi connectivity index (χ2n) is 5.20. The van der Waals surface area contributed by atoms with E-state index in [1.807, 2.05) is 30.0 Å². The lowest BCUT2D eigenvalue weighted by Crippen LogP contribution is -2.39. The van der Waals surface area contributed by atoms with Crippen LogP contribution in [0, 0.1) is 6.92 Å². The molecule has 0 unspecified atom stereocenters. The zero-order valence-electron chi connectivity index (χ0n) is 12.0. The van der Waals surface area contributed by atoms with E-state index in [4.69, 9.17) is 4.74 Å². The van der Waals surface area contributed by atoms with Crippen LogP contribution in [-0.2, 0) is 4.79 Å². The van der Waals surface area contributed by atoms with Crippen LogP contribution < -0.4 is 10.1 Å². The molecule has 0 radical (unpaired) electrons. The number of nitrogens with one attached hydrogen (secondary N) is 1. The first-order valence-corrected chi connectivity index (χ1v) is 6.89. The Kier molecular flexibility index (Phi) is 4.95. The van der Waals surface area contributed by atoms with Gasteiger partial charge in [-0.15, -0.1) is 0 Å². The monoisotopic (exact) mass is 280 g/mol. The van der Waals surface area contributed by atoms with Crippen molar-refractivity contribution in [2.75, 3.05) is 32.1 Å². The molecular weight excluding hydrogens is 259 g/mol. The molecule has 1 aromatic carbocycles. The van der Waals surface area contributed by atoms with Crippen LogP contribution in [0.25, 0.3) is 0 Å². The molecule has 0 bridgehead atoms. The molecule has 0 aliphatic carbocycles. The number of carbonyl (C=O) groups excluding carboxylic acids is 1. The van der Waals surface area contributed by atoms with Gasteiger partial charge in [-0.2, -0.15) is 0 Å². The normalized spacial score (nSPS) is 16.9. The number of hydrogen-bond acceptors (Lipinski definition) is 3. The van der Waals surface area contributed by atoms with Gasteiger partial charge in [0.1, 0.15) is 11.9 Å². The molecular formula is C15H21FN2O2. The first kappa shape index (κ1) is 14.8. The quantitative estimate of drug-likeness (QED) is 0.920. The molecule has 1 aromatic rings. The molecule has 2 rings (SSSR count). The van der Waals surface area contributed by atoms with E-state index in [0.29, 0.717) is 43.9 Å². The maximum atomic E-state index is 13.0. The highest BCUT2D eigenvalue weighted by atomic mass is 19.1. The van der Waals surface area contributed by atoms with Crippen molar-refractivity contribution >= 4 is 11.6 Å². The lowest BCUT2D eigenvalue weighted by Gasteiger charge is -2.27. The molecule has 1 saturated heterocycles. The number of rotatable bonds is 4. The van der Waals surface area contributed by atoms with E-state index in [1.165, 1.54) is 0 Å². The highest BCUT2D eigenvalue weighted by Crippen LogP contribution is 2.25. The molecule has 4 nitrogen and oxygen atoms in total. The van der Waals surface area contributed by atoms with Crippen LogP contribution in [0.2, 0.25) is 0 Å². The number of piperidine rings is 1. The highest BCUT2D eigenvalue weighted by Gasteiger charge is 2.20. The predicted octanol–water partition coefficient (Wildman–Crippen LogP) is 2.38. The minimum absolute atomic E-state index is 0.0915. The van der Waals surface area contributed by atoms with E-state index >= 15 is 0 Å².